The molecule has 2 aromatic heterocycles. The van der Waals surface area contributed by atoms with Crippen molar-refractivity contribution in [3.05, 3.63) is 47.3 Å². The molecule has 3 aromatic rings. The van der Waals surface area contributed by atoms with Crippen LogP contribution in [-0.4, -0.2) is 26.6 Å². The van der Waals surface area contributed by atoms with Crippen LogP contribution in [-0.2, 0) is 0 Å². The van der Waals surface area contributed by atoms with Crippen molar-refractivity contribution in [3.63, 3.8) is 0 Å². The molecule has 0 aliphatic carbocycles. The highest BCUT2D eigenvalue weighted by atomic mass is 16.5. The van der Waals surface area contributed by atoms with E-state index in [1.54, 1.807) is 18.0 Å². The van der Waals surface area contributed by atoms with Gasteiger partial charge in [0.05, 0.1) is 19.1 Å². The van der Waals surface area contributed by atoms with E-state index in [0.717, 1.165) is 11.4 Å². The number of benzene rings is 1. The highest BCUT2D eigenvalue weighted by molar-refractivity contribution is 5.71. The molecular formula is C12H10N4O2. The van der Waals surface area contributed by atoms with Crippen molar-refractivity contribution in [1.82, 2.24) is 19.5 Å². The number of fused-ring (bicyclic) bond motifs is 1. The summed E-state index contributed by atoms with van der Waals surface area (Å²) in [6.45, 7) is 0. The minimum atomic E-state index is -0.248. The predicted octanol–water partition coefficient (Wildman–Crippen LogP) is 1.12. The van der Waals surface area contributed by atoms with E-state index in [2.05, 4.69) is 15.0 Å². The van der Waals surface area contributed by atoms with Crippen molar-refractivity contribution >= 4 is 11.2 Å². The summed E-state index contributed by atoms with van der Waals surface area (Å²) in [7, 11) is 1.61. The Labute approximate surface area is 102 Å². The van der Waals surface area contributed by atoms with Gasteiger partial charge in [0.25, 0.3) is 5.56 Å². The lowest BCUT2D eigenvalue weighted by Crippen LogP contribution is -2.07. The molecular weight excluding hydrogens is 232 g/mol. The largest absolute Gasteiger partial charge is 0.497 e. The molecule has 3 rings (SSSR count). The van der Waals surface area contributed by atoms with Gasteiger partial charge in [0.2, 0.25) is 0 Å². The second-order valence-corrected chi connectivity index (χ2v) is 3.72. The smallest absolute Gasteiger partial charge is 0.278 e. The Morgan fingerprint density at radius 1 is 1.33 bits per heavy atom. The summed E-state index contributed by atoms with van der Waals surface area (Å²) >= 11 is 0. The van der Waals surface area contributed by atoms with Gasteiger partial charge in [-0.2, -0.15) is 0 Å². The number of rotatable bonds is 2. The zero-order valence-corrected chi connectivity index (χ0v) is 9.62. The third-order valence-corrected chi connectivity index (χ3v) is 2.67. The third kappa shape index (κ3) is 1.55. The number of hydrogen-bond donors (Lipinski definition) is 1. The molecule has 0 saturated carbocycles. The summed E-state index contributed by atoms with van der Waals surface area (Å²) in [6, 6.07) is 7.46. The summed E-state index contributed by atoms with van der Waals surface area (Å²) in [5.41, 5.74) is 1.43. The Morgan fingerprint density at radius 3 is 3.06 bits per heavy atom. The molecule has 0 radical (unpaired) electrons. The summed E-state index contributed by atoms with van der Waals surface area (Å²) in [6.07, 6.45) is 2.94. The molecule has 2 heterocycles. The number of ether oxygens (including phenoxy) is 1. The molecule has 1 aromatic carbocycles. The van der Waals surface area contributed by atoms with Gasteiger partial charge in [-0.3, -0.25) is 9.36 Å². The van der Waals surface area contributed by atoms with Gasteiger partial charge in [-0.1, -0.05) is 6.07 Å². The molecule has 1 N–H and O–H groups in total. The third-order valence-electron chi connectivity index (χ3n) is 2.67. The van der Waals surface area contributed by atoms with Crippen LogP contribution < -0.4 is 10.3 Å². The molecule has 0 fully saturated rings. The van der Waals surface area contributed by atoms with E-state index in [1.165, 1.54) is 6.33 Å². The van der Waals surface area contributed by atoms with E-state index < -0.39 is 0 Å². The van der Waals surface area contributed by atoms with Crippen molar-refractivity contribution in [2.75, 3.05) is 7.11 Å². The van der Waals surface area contributed by atoms with Crippen LogP contribution >= 0.6 is 0 Å². The van der Waals surface area contributed by atoms with E-state index in [0.29, 0.717) is 11.2 Å². The number of imidazole rings is 1. The Balaban J connectivity index is 2.25. The number of H-pyrrole nitrogens is 1. The van der Waals surface area contributed by atoms with Gasteiger partial charge >= 0.3 is 0 Å². The monoisotopic (exact) mass is 242 g/mol. The van der Waals surface area contributed by atoms with Crippen LogP contribution in [0.2, 0.25) is 0 Å². The van der Waals surface area contributed by atoms with Gasteiger partial charge in [0.15, 0.2) is 11.2 Å². The summed E-state index contributed by atoms with van der Waals surface area (Å²) in [5.74, 6) is 0.735. The molecule has 0 amide bonds. The van der Waals surface area contributed by atoms with Gasteiger partial charge in [-0.25, -0.2) is 9.97 Å². The zero-order chi connectivity index (χ0) is 12.5. The van der Waals surface area contributed by atoms with E-state index >= 15 is 0 Å². The van der Waals surface area contributed by atoms with Gasteiger partial charge in [0.1, 0.15) is 12.1 Å². The lowest BCUT2D eigenvalue weighted by Gasteiger charge is -2.05. The van der Waals surface area contributed by atoms with Crippen LogP contribution in [0.25, 0.3) is 16.9 Å². The number of hydrogen-bond acceptors (Lipinski definition) is 4. The number of nitrogens with one attached hydrogen (secondary N) is 1. The first kappa shape index (κ1) is 10.5. The number of aromatic nitrogens is 4. The maximum absolute atomic E-state index is 11.6. The molecule has 90 valence electrons. The number of nitrogens with zero attached hydrogens (tertiary/aromatic N) is 3. The first-order valence-electron chi connectivity index (χ1n) is 5.35. The van der Waals surface area contributed by atoms with Gasteiger partial charge in [-0.05, 0) is 12.1 Å². The summed E-state index contributed by atoms with van der Waals surface area (Å²) < 4.78 is 6.91. The molecule has 0 aliphatic heterocycles. The van der Waals surface area contributed by atoms with E-state index in [-0.39, 0.29) is 5.56 Å². The lowest BCUT2D eigenvalue weighted by atomic mass is 10.3. The first-order chi connectivity index (χ1) is 8.79. The first-order valence-corrected chi connectivity index (χ1v) is 5.35. The Hall–Kier alpha value is -2.63. The Kier molecular flexibility index (Phi) is 2.33. The normalized spacial score (nSPS) is 10.7. The second-order valence-electron chi connectivity index (χ2n) is 3.72. The minimum Gasteiger partial charge on any atom is -0.497 e. The van der Waals surface area contributed by atoms with E-state index in [1.807, 2.05) is 24.3 Å². The fourth-order valence-corrected chi connectivity index (χ4v) is 1.80. The topological polar surface area (TPSA) is 72.8 Å². The fraction of sp³-hybridized carbons (Fsp3) is 0.0833. The standard InChI is InChI=1S/C12H10N4O2/c1-18-9-4-2-3-8(5-9)16-7-15-10-11(16)13-6-14-12(10)17/h2-7H,1H3,(H,13,14,17). The highest BCUT2D eigenvalue weighted by Crippen LogP contribution is 2.18. The Bertz CT molecular complexity index is 760. The molecule has 0 bridgehead atoms. The molecule has 0 unspecified atom stereocenters. The maximum Gasteiger partial charge on any atom is 0.278 e. The second kappa shape index (κ2) is 3.99. The molecule has 0 atom stereocenters. The average molecular weight is 242 g/mol. The molecule has 18 heavy (non-hydrogen) atoms. The molecule has 0 saturated heterocycles. The zero-order valence-electron chi connectivity index (χ0n) is 9.62. The van der Waals surface area contributed by atoms with Crippen molar-refractivity contribution in [2.24, 2.45) is 0 Å². The van der Waals surface area contributed by atoms with Crippen LogP contribution in [0, 0.1) is 0 Å². The van der Waals surface area contributed by atoms with Crippen LogP contribution in [0.4, 0.5) is 0 Å². The van der Waals surface area contributed by atoms with Gasteiger partial charge < -0.3 is 9.72 Å². The highest BCUT2D eigenvalue weighted by Gasteiger charge is 2.08. The van der Waals surface area contributed by atoms with E-state index in [9.17, 15) is 4.79 Å². The van der Waals surface area contributed by atoms with Gasteiger partial charge in [0, 0.05) is 6.07 Å². The lowest BCUT2D eigenvalue weighted by molar-refractivity contribution is 0.414. The summed E-state index contributed by atoms with van der Waals surface area (Å²) in [5, 5.41) is 0. The maximum atomic E-state index is 11.6. The number of methoxy groups -OCH3 is 1. The molecule has 0 aliphatic rings. The van der Waals surface area contributed by atoms with Crippen LogP contribution in [0.15, 0.2) is 41.7 Å². The fourth-order valence-electron chi connectivity index (χ4n) is 1.80. The van der Waals surface area contributed by atoms with Gasteiger partial charge in [-0.15, -0.1) is 0 Å². The van der Waals surface area contributed by atoms with Crippen molar-refractivity contribution in [3.8, 4) is 11.4 Å². The predicted molar refractivity (Wildman–Crippen MR) is 66.0 cm³/mol. The summed E-state index contributed by atoms with van der Waals surface area (Å²) in [4.78, 5) is 22.2. The van der Waals surface area contributed by atoms with Crippen LogP contribution in [0.1, 0.15) is 0 Å². The van der Waals surface area contributed by atoms with Crippen molar-refractivity contribution < 1.29 is 4.74 Å². The Morgan fingerprint density at radius 2 is 2.22 bits per heavy atom. The van der Waals surface area contributed by atoms with Crippen molar-refractivity contribution in [1.29, 1.82) is 0 Å². The van der Waals surface area contributed by atoms with E-state index in [4.69, 9.17) is 4.74 Å². The van der Waals surface area contributed by atoms with Crippen LogP contribution in [0.5, 0.6) is 5.75 Å². The minimum absolute atomic E-state index is 0.248. The van der Waals surface area contributed by atoms with Crippen LogP contribution in [0.3, 0.4) is 0 Å². The molecule has 6 nitrogen and oxygen atoms in total. The molecule has 6 heteroatoms. The average Bonchev–Trinajstić information content (AvgIpc) is 2.84. The quantitative estimate of drug-likeness (QED) is 0.730. The molecule has 0 spiro atoms. The van der Waals surface area contributed by atoms with Crippen molar-refractivity contribution in [2.45, 2.75) is 0 Å². The SMILES string of the molecule is COc1cccc(-n2cnc3c(=O)[nH]cnc32)c1. The number of aromatic amines is 1.